The molecule has 17 heavy (non-hydrogen) atoms. The maximum Gasteiger partial charge on any atom is 0.124 e. The van der Waals surface area contributed by atoms with E-state index in [2.05, 4.69) is 40.0 Å². The van der Waals surface area contributed by atoms with Crippen molar-refractivity contribution < 1.29 is 4.39 Å². The Bertz CT molecular complexity index is 335. The molecule has 4 heteroatoms. The summed E-state index contributed by atoms with van der Waals surface area (Å²) in [4.78, 5) is 2.18. The van der Waals surface area contributed by atoms with Crippen LogP contribution in [0.3, 0.4) is 0 Å². The van der Waals surface area contributed by atoms with Gasteiger partial charge in [-0.15, -0.1) is 0 Å². The number of rotatable bonds is 6. The van der Waals surface area contributed by atoms with Crippen LogP contribution in [-0.2, 0) is 6.54 Å². The van der Waals surface area contributed by atoms with Gasteiger partial charge >= 0.3 is 0 Å². The van der Waals surface area contributed by atoms with E-state index in [1.54, 1.807) is 6.07 Å². The Morgan fingerprint density at radius 3 is 2.65 bits per heavy atom. The van der Waals surface area contributed by atoms with E-state index < -0.39 is 0 Å². The average Bonchev–Trinajstić information content (AvgIpc) is 2.14. The summed E-state index contributed by atoms with van der Waals surface area (Å²) in [6.07, 6.45) is 0. The summed E-state index contributed by atoms with van der Waals surface area (Å²) in [6, 6.07) is 5.52. The van der Waals surface area contributed by atoms with Gasteiger partial charge < -0.3 is 10.2 Å². The fraction of sp³-hybridized carbons (Fsp3) is 0.538. The predicted octanol–water partition coefficient (Wildman–Crippen LogP) is 3.02. The third kappa shape index (κ3) is 6.15. The lowest BCUT2D eigenvalue weighted by Gasteiger charge is -2.18. The summed E-state index contributed by atoms with van der Waals surface area (Å²) in [5.74, 6) is -0.192. The first kappa shape index (κ1) is 14.6. The Balaban J connectivity index is 2.42. The molecule has 2 nitrogen and oxygen atoms in total. The molecular formula is C13H20BrFN2. The number of likely N-dealkylation sites (N-methyl/N-ethyl adjacent to an activating group) is 1. The van der Waals surface area contributed by atoms with Gasteiger partial charge in [0.2, 0.25) is 0 Å². The highest BCUT2D eigenvalue weighted by atomic mass is 79.9. The molecule has 0 heterocycles. The van der Waals surface area contributed by atoms with E-state index in [1.807, 2.05) is 13.1 Å². The van der Waals surface area contributed by atoms with Crippen LogP contribution in [0.1, 0.15) is 19.4 Å². The van der Waals surface area contributed by atoms with Crippen LogP contribution in [0, 0.1) is 5.82 Å². The van der Waals surface area contributed by atoms with Gasteiger partial charge in [0.25, 0.3) is 0 Å². The summed E-state index contributed by atoms with van der Waals surface area (Å²) in [5.41, 5.74) is 0.990. The molecule has 0 fully saturated rings. The average molecular weight is 303 g/mol. The van der Waals surface area contributed by atoms with Crippen molar-refractivity contribution in [3.8, 4) is 0 Å². The molecule has 0 saturated heterocycles. The highest BCUT2D eigenvalue weighted by Gasteiger charge is 2.03. The van der Waals surface area contributed by atoms with E-state index in [0.29, 0.717) is 6.04 Å². The van der Waals surface area contributed by atoms with E-state index in [4.69, 9.17) is 0 Å². The van der Waals surface area contributed by atoms with Gasteiger partial charge in [0, 0.05) is 30.1 Å². The molecule has 1 rings (SSSR count). The number of hydrogen-bond donors (Lipinski definition) is 1. The summed E-state index contributed by atoms with van der Waals surface area (Å²) in [6.45, 7) is 6.92. The summed E-state index contributed by atoms with van der Waals surface area (Å²) in [5, 5.41) is 3.36. The van der Waals surface area contributed by atoms with Gasteiger partial charge in [-0.25, -0.2) is 4.39 Å². The fourth-order valence-electron chi connectivity index (χ4n) is 1.64. The number of nitrogens with zero attached hydrogens (tertiary/aromatic N) is 1. The van der Waals surface area contributed by atoms with E-state index in [-0.39, 0.29) is 5.82 Å². The van der Waals surface area contributed by atoms with Crippen molar-refractivity contribution >= 4 is 15.9 Å². The lowest BCUT2D eigenvalue weighted by Crippen LogP contribution is -2.32. The lowest BCUT2D eigenvalue weighted by atomic mass is 10.2. The van der Waals surface area contributed by atoms with Crippen LogP contribution >= 0.6 is 15.9 Å². The molecule has 1 aromatic rings. The second-order valence-corrected chi connectivity index (χ2v) is 5.54. The molecule has 0 aliphatic carbocycles. The fourth-order valence-corrected chi connectivity index (χ4v) is 2.15. The molecule has 0 bridgehead atoms. The lowest BCUT2D eigenvalue weighted by molar-refractivity contribution is 0.319. The van der Waals surface area contributed by atoms with Crippen LogP contribution in [0.5, 0.6) is 0 Å². The van der Waals surface area contributed by atoms with Crippen LogP contribution in [0.15, 0.2) is 22.7 Å². The largest absolute Gasteiger partial charge is 0.313 e. The molecule has 0 aliphatic rings. The smallest absolute Gasteiger partial charge is 0.124 e. The number of benzene rings is 1. The molecule has 0 unspecified atom stereocenters. The zero-order valence-electron chi connectivity index (χ0n) is 10.6. The molecule has 0 aromatic heterocycles. The van der Waals surface area contributed by atoms with Gasteiger partial charge in [-0.2, -0.15) is 0 Å². The summed E-state index contributed by atoms with van der Waals surface area (Å²) < 4.78 is 14.0. The number of halogens is 2. The zero-order valence-corrected chi connectivity index (χ0v) is 12.2. The summed E-state index contributed by atoms with van der Waals surface area (Å²) >= 11 is 3.30. The van der Waals surface area contributed by atoms with Gasteiger partial charge in [0.1, 0.15) is 5.82 Å². The first-order valence-corrected chi connectivity index (χ1v) is 6.63. The molecule has 0 saturated carbocycles. The standard InChI is InChI=1S/C13H20BrFN2/c1-10(2)16-4-5-17(3)9-11-6-12(14)8-13(15)7-11/h6-8,10,16H,4-5,9H2,1-3H3. The SMILES string of the molecule is CC(C)NCCN(C)Cc1cc(F)cc(Br)c1. The van der Waals surface area contributed by atoms with Crippen molar-refractivity contribution in [1.82, 2.24) is 10.2 Å². The first-order valence-electron chi connectivity index (χ1n) is 5.84. The van der Waals surface area contributed by atoms with Crippen molar-refractivity contribution in [3.05, 3.63) is 34.1 Å². The molecule has 1 aromatic carbocycles. The molecule has 1 N–H and O–H groups in total. The van der Waals surface area contributed by atoms with Crippen molar-refractivity contribution in [1.29, 1.82) is 0 Å². The molecule has 0 spiro atoms. The Hall–Kier alpha value is -0.450. The van der Waals surface area contributed by atoms with E-state index in [9.17, 15) is 4.39 Å². The normalized spacial score (nSPS) is 11.5. The van der Waals surface area contributed by atoms with E-state index in [0.717, 1.165) is 29.7 Å². The number of nitrogens with one attached hydrogen (secondary N) is 1. The second kappa shape index (κ2) is 7.09. The zero-order chi connectivity index (χ0) is 12.8. The quantitative estimate of drug-likeness (QED) is 0.869. The molecular weight excluding hydrogens is 283 g/mol. The maximum absolute atomic E-state index is 13.2. The van der Waals surface area contributed by atoms with Crippen molar-refractivity contribution in [3.63, 3.8) is 0 Å². The van der Waals surface area contributed by atoms with Gasteiger partial charge in [-0.3, -0.25) is 0 Å². The Kier molecular flexibility index (Phi) is 6.09. The Morgan fingerprint density at radius 1 is 1.35 bits per heavy atom. The van der Waals surface area contributed by atoms with Gasteiger partial charge in [0.05, 0.1) is 0 Å². The van der Waals surface area contributed by atoms with Gasteiger partial charge in [0.15, 0.2) is 0 Å². The minimum absolute atomic E-state index is 0.192. The summed E-state index contributed by atoms with van der Waals surface area (Å²) in [7, 11) is 2.04. The highest BCUT2D eigenvalue weighted by molar-refractivity contribution is 9.10. The number of hydrogen-bond acceptors (Lipinski definition) is 2. The van der Waals surface area contributed by atoms with Gasteiger partial charge in [-0.1, -0.05) is 29.8 Å². The third-order valence-electron chi connectivity index (χ3n) is 2.42. The molecule has 96 valence electrons. The molecule has 0 aliphatic heterocycles. The second-order valence-electron chi connectivity index (χ2n) is 4.62. The predicted molar refractivity (Wildman–Crippen MR) is 73.6 cm³/mol. The van der Waals surface area contributed by atoms with Gasteiger partial charge in [-0.05, 0) is 30.8 Å². The van der Waals surface area contributed by atoms with E-state index in [1.165, 1.54) is 6.07 Å². The Labute approximate surface area is 111 Å². The first-order chi connectivity index (χ1) is 7.97. The van der Waals surface area contributed by atoms with Crippen LogP contribution in [0.4, 0.5) is 4.39 Å². The molecule has 0 atom stereocenters. The Morgan fingerprint density at radius 2 is 2.06 bits per heavy atom. The third-order valence-corrected chi connectivity index (χ3v) is 2.88. The van der Waals surface area contributed by atoms with Crippen LogP contribution in [0.2, 0.25) is 0 Å². The maximum atomic E-state index is 13.2. The van der Waals surface area contributed by atoms with Crippen LogP contribution in [0.25, 0.3) is 0 Å². The minimum Gasteiger partial charge on any atom is -0.313 e. The molecule has 0 radical (unpaired) electrons. The molecule has 0 amide bonds. The van der Waals surface area contributed by atoms with E-state index >= 15 is 0 Å². The monoisotopic (exact) mass is 302 g/mol. The minimum atomic E-state index is -0.192. The highest BCUT2D eigenvalue weighted by Crippen LogP contribution is 2.15. The van der Waals surface area contributed by atoms with Crippen molar-refractivity contribution in [2.75, 3.05) is 20.1 Å². The van der Waals surface area contributed by atoms with Crippen LogP contribution in [-0.4, -0.2) is 31.1 Å². The van der Waals surface area contributed by atoms with Crippen molar-refractivity contribution in [2.45, 2.75) is 26.4 Å². The topological polar surface area (TPSA) is 15.3 Å². The van der Waals surface area contributed by atoms with Crippen LogP contribution < -0.4 is 5.32 Å². The van der Waals surface area contributed by atoms with Crippen molar-refractivity contribution in [2.24, 2.45) is 0 Å².